The molecule has 0 bridgehead atoms. The van der Waals surface area contributed by atoms with Crippen LogP contribution in [-0.2, 0) is 6.18 Å². The Morgan fingerprint density at radius 3 is 1.00 bits per heavy atom. The van der Waals surface area contributed by atoms with Gasteiger partial charge in [0.25, 0.3) is 0 Å². The van der Waals surface area contributed by atoms with E-state index in [0.717, 1.165) is 45.5 Å². The highest BCUT2D eigenvalue weighted by atomic mass is 19.4. The number of benzene rings is 4. The second-order valence-electron chi connectivity index (χ2n) is 6.92. The third kappa shape index (κ3) is 4.11. The lowest BCUT2D eigenvalue weighted by Gasteiger charge is -2.09. The second-order valence-corrected chi connectivity index (χ2v) is 6.92. The van der Waals surface area contributed by atoms with E-state index in [2.05, 4.69) is 6.07 Å². The number of nitriles is 1. The normalized spacial score (nSPS) is 11.1. The molecule has 4 rings (SSSR count). The van der Waals surface area contributed by atoms with E-state index in [1.807, 2.05) is 60.7 Å². The quantitative estimate of drug-likeness (QED) is 0.348. The molecule has 146 valence electrons. The van der Waals surface area contributed by atoms with Gasteiger partial charge >= 0.3 is 6.18 Å². The SMILES string of the molecule is N#Cc1ccc(-c2ccc(-c3ccc(-c4ccc(C(F)(F)F)cc4)cc3)cc2)cc1. The summed E-state index contributed by atoms with van der Waals surface area (Å²) in [6.45, 7) is 0. The third-order valence-electron chi connectivity index (χ3n) is 5.00. The first-order valence-corrected chi connectivity index (χ1v) is 9.33. The second kappa shape index (κ2) is 7.88. The van der Waals surface area contributed by atoms with Crippen LogP contribution in [0.3, 0.4) is 0 Å². The Bertz CT molecular complexity index is 1180. The molecule has 0 saturated carbocycles. The van der Waals surface area contributed by atoms with Gasteiger partial charge in [-0.3, -0.25) is 0 Å². The van der Waals surface area contributed by atoms with Crippen molar-refractivity contribution in [1.82, 2.24) is 0 Å². The first-order valence-electron chi connectivity index (χ1n) is 9.33. The Kier molecular flexibility index (Phi) is 5.12. The minimum Gasteiger partial charge on any atom is -0.192 e. The number of halogens is 3. The van der Waals surface area contributed by atoms with Crippen molar-refractivity contribution < 1.29 is 13.2 Å². The van der Waals surface area contributed by atoms with Gasteiger partial charge in [0.1, 0.15) is 0 Å². The van der Waals surface area contributed by atoms with Crippen LogP contribution < -0.4 is 0 Å². The summed E-state index contributed by atoms with van der Waals surface area (Å²) in [5.41, 5.74) is 5.76. The summed E-state index contributed by atoms with van der Waals surface area (Å²) in [6, 6.07) is 30.6. The van der Waals surface area contributed by atoms with E-state index in [0.29, 0.717) is 5.56 Å². The molecule has 0 unspecified atom stereocenters. The standard InChI is InChI=1S/C26H16F3N/c27-26(28,29)25-15-13-24(14-16-25)23-11-9-22(10-12-23)21-7-5-20(6-8-21)19-3-1-18(17-30)2-4-19/h1-16H. The highest BCUT2D eigenvalue weighted by Gasteiger charge is 2.29. The van der Waals surface area contributed by atoms with Gasteiger partial charge < -0.3 is 0 Å². The summed E-state index contributed by atoms with van der Waals surface area (Å²) in [7, 11) is 0. The Morgan fingerprint density at radius 1 is 0.467 bits per heavy atom. The van der Waals surface area contributed by atoms with Gasteiger partial charge in [-0.25, -0.2) is 0 Å². The fourth-order valence-corrected chi connectivity index (χ4v) is 3.30. The van der Waals surface area contributed by atoms with Gasteiger partial charge in [-0.1, -0.05) is 72.8 Å². The third-order valence-corrected chi connectivity index (χ3v) is 5.00. The Labute approximate surface area is 172 Å². The monoisotopic (exact) mass is 399 g/mol. The lowest BCUT2D eigenvalue weighted by molar-refractivity contribution is -0.137. The number of alkyl halides is 3. The van der Waals surface area contributed by atoms with Gasteiger partial charge in [0.05, 0.1) is 17.2 Å². The van der Waals surface area contributed by atoms with Gasteiger partial charge in [0, 0.05) is 0 Å². The van der Waals surface area contributed by atoms with Crippen molar-refractivity contribution in [2.45, 2.75) is 6.18 Å². The number of hydrogen-bond donors (Lipinski definition) is 0. The van der Waals surface area contributed by atoms with Crippen LogP contribution in [-0.4, -0.2) is 0 Å². The maximum Gasteiger partial charge on any atom is 0.416 e. The largest absolute Gasteiger partial charge is 0.416 e. The molecule has 0 N–H and O–H groups in total. The van der Waals surface area contributed by atoms with E-state index in [4.69, 9.17) is 5.26 Å². The van der Waals surface area contributed by atoms with Crippen molar-refractivity contribution in [3.05, 3.63) is 108 Å². The van der Waals surface area contributed by atoms with Crippen LogP contribution in [0.2, 0.25) is 0 Å². The van der Waals surface area contributed by atoms with Gasteiger partial charge in [0.15, 0.2) is 0 Å². The molecular formula is C26H16F3N. The molecule has 0 radical (unpaired) electrons. The molecule has 0 aliphatic heterocycles. The fraction of sp³-hybridized carbons (Fsp3) is 0.0385. The topological polar surface area (TPSA) is 23.8 Å². The average Bonchev–Trinajstić information content (AvgIpc) is 2.79. The lowest BCUT2D eigenvalue weighted by atomic mass is 9.97. The zero-order valence-electron chi connectivity index (χ0n) is 15.8. The molecule has 0 saturated heterocycles. The minimum atomic E-state index is -4.33. The Balaban J connectivity index is 1.53. The molecule has 0 aliphatic rings. The summed E-state index contributed by atoms with van der Waals surface area (Å²) in [6.07, 6.45) is -4.33. The molecule has 1 nitrogen and oxygen atoms in total. The van der Waals surface area contributed by atoms with E-state index in [-0.39, 0.29) is 0 Å². The fourth-order valence-electron chi connectivity index (χ4n) is 3.30. The van der Waals surface area contributed by atoms with Crippen LogP contribution in [0.1, 0.15) is 11.1 Å². The highest BCUT2D eigenvalue weighted by molar-refractivity contribution is 5.73. The van der Waals surface area contributed by atoms with E-state index >= 15 is 0 Å². The van der Waals surface area contributed by atoms with Gasteiger partial charge in [-0.2, -0.15) is 18.4 Å². The molecule has 0 aliphatic carbocycles. The van der Waals surface area contributed by atoms with Crippen LogP contribution in [0.5, 0.6) is 0 Å². The van der Waals surface area contributed by atoms with Gasteiger partial charge in [-0.15, -0.1) is 0 Å². The van der Waals surface area contributed by atoms with E-state index in [1.54, 1.807) is 12.1 Å². The van der Waals surface area contributed by atoms with Crippen LogP contribution in [0, 0.1) is 11.3 Å². The minimum absolute atomic E-state index is 0.628. The van der Waals surface area contributed by atoms with Crippen LogP contribution >= 0.6 is 0 Å². The maximum absolute atomic E-state index is 12.7. The molecule has 4 aromatic rings. The van der Waals surface area contributed by atoms with Crippen molar-refractivity contribution in [2.75, 3.05) is 0 Å². The number of nitrogens with zero attached hydrogens (tertiary/aromatic N) is 1. The van der Waals surface area contributed by atoms with Crippen LogP contribution in [0.25, 0.3) is 33.4 Å². The molecular weight excluding hydrogens is 383 g/mol. The molecule has 4 aromatic carbocycles. The number of rotatable bonds is 3. The van der Waals surface area contributed by atoms with Crippen molar-refractivity contribution >= 4 is 0 Å². The zero-order valence-corrected chi connectivity index (χ0v) is 15.8. The van der Waals surface area contributed by atoms with Crippen LogP contribution in [0.4, 0.5) is 13.2 Å². The first-order chi connectivity index (χ1) is 14.4. The van der Waals surface area contributed by atoms with E-state index in [9.17, 15) is 13.2 Å². The molecule has 0 fully saturated rings. The lowest BCUT2D eigenvalue weighted by Crippen LogP contribution is -2.03. The Hall–Kier alpha value is -3.84. The molecule has 30 heavy (non-hydrogen) atoms. The summed E-state index contributed by atoms with van der Waals surface area (Å²) < 4.78 is 38.2. The number of hydrogen-bond acceptors (Lipinski definition) is 1. The van der Waals surface area contributed by atoms with Crippen molar-refractivity contribution in [3.63, 3.8) is 0 Å². The molecule has 0 amide bonds. The summed E-state index contributed by atoms with van der Waals surface area (Å²) in [5, 5.41) is 8.90. The predicted octanol–water partition coefficient (Wildman–Crippen LogP) is 7.58. The predicted molar refractivity (Wildman–Crippen MR) is 112 cm³/mol. The highest BCUT2D eigenvalue weighted by Crippen LogP contribution is 2.32. The molecule has 0 aromatic heterocycles. The summed E-state index contributed by atoms with van der Waals surface area (Å²) >= 11 is 0. The average molecular weight is 399 g/mol. The van der Waals surface area contributed by atoms with Gasteiger partial charge in [0.2, 0.25) is 0 Å². The van der Waals surface area contributed by atoms with Crippen molar-refractivity contribution in [1.29, 1.82) is 5.26 Å². The molecule has 0 heterocycles. The molecule has 0 spiro atoms. The van der Waals surface area contributed by atoms with E-state index < -0.39 is 11.7 Å². The molecule has 4 heteroatoms. The zero-order chi connectivity index (χ0) is 21.1. The van der Waals surface area contributed by atoms with Crippen molar-refractivity contribution in [3.8, 4) is 39.4 Å². The smallest absolute Gasteiger partial charge is 0.192 e. The molecule has 0 atom stereocenters. The Morgan fingerprint density at radius 2 is 0.733 bits per heavy atom. The summed E-state index contributed by atoms with van der Waals surface area (Å²) in [5.74, 6) is 0. The maximum atomic E-state index is 12.7. The van der Waals surface area contributed by atoms with Gasteiger partial charge in [-0.05, 0) is 57.6 Å². The van der Waals surface area contributed by atoms with E-state index in [1.165, 1.54) is 12.1 Å². The first kappa shape index (κ1) is 19.5. The van der Waals surface area contributed by atoms with Crippen LogP contribution in [0.15, 0.2) is 97.1 Å². The summed E-state index contributed by atoms with van der Waals surface area (Å²) in [4.78, 5) is 0. The van der Waals surface area contributed by atoms with Crippen molar-refractivity contribution in [2.24, 2.45) is 0 Å².